The molecule has 0 fully saturated rings. The van der Waals surface area contributed by atoms with Crippen LogP contribution in [0, 0.1) is 6.92 Å². The average molecular weight is 280 g/mol. The number of carboxylic acids is 1. The van der Waals surface area contributed by atoms with Crippen LogP contribution in [-0.2, 0) is 14.4 Å². The number of hydrogen-bond donors (Lipinski definition) is 3. The Morgan fingerprint density at radius 2 is 1.65 bits per heavy atom. The molecule has 0 aliphatic carbocycles. The van der Waals surface area contributed by atoms with Gasteiger partial charge in [0.15, 0.2) is 6.61 Å². The highest BCUT2D eigenvalue weighted by Gasteiger charge is 2.07. The van der Waals surface area contributed by atoms with Gasteiger partial charge in [0.05, 0.1) is 6.42 Å². The first-order valence-electron chi connectivity index (χ1n) is 5.96. The molecule has 0 aliphatic heterocycles. The molecule has 7 heteroatoms. The fraction of sp³-hybridized carbons (Fsp3) is 0.308. The van der Waals surface area contributed by atoms with Gasteiger partial charge in [0.1, 0.15) is 5.75 Å². The molecule has 0 aliphatic rings. The van der Waals surface area contributed by atoms with Crippen molar-refractivity contribution < 1.29 is 24.2 Å². The average Bonchev–Trinajstić information content (AvgIpc) is 2.42. The molecule has 1 aromatic carbocycles. The zero-order valence-electron chi connectivity index (χ0n) is 11.0. The molecule has 0 heterocycles. The molecule has 0 atom stereocenters. The fourth-order valence-electron chi connectivity index (χ4n) is 1.24. The number of aliphatic carboxylic acids is 1. The van der Waals surface area contributed by atoms with Crippen molar-refractivity contribution in [2.75, 3.05) is 6.61 Å². The zero-order valence-corrected chi connectivity index (χ0v) is 11.0. The number of ether oxygens (including phenoxy) is 1. The SMILES string of the molecule is Cc1ccc(OCC(=O)NNC(=O)CCC(=O)O)cc1. The third kappa shape index (κ3) is 6.39. The van der Waals surface area contributed by atoms with Crippen LogP contribution in [0.2, 0.25) is 0 Å². The number of carbonyl (C=O) groups excluding carboxylic acids is 2. The Hall–Kier alpha value is -2.57. The minimum absolute atomic E-state index is 0.200. The van der Waals surface area contributed by atoms with Crippen LogP contribution < -0.4 is 15.6 Å². The highest BCUT2D eigenvalue weighted by atomic mass is 16.5. The van der Waals surface area contributed by atoms with E-state index in [1.807, 2.05) is 19.1 Å². The van der Waals surface area contributed by atoms with Crippen LogP contribution in [0.1, 0.15) is 18.4 Å². The summed E-state index contributed by atoms with van der Waals surface area (Å²) in [7, 11) is 0. The van der Waals surface area contributed by atoms with Gasteiger partial charge in [-0.3, -0.25) is 25.2 Å². The second kappa shape index (κ2) is 7.78. The fourth-order valence-corrected chi connectivity index (χ4v) is 1.24. The number of nitrogens with one attached hydrogen (secondary N) is 2. The van der Waals surface area contributed by atoms with Gasteiger partial charge in [0.25, 0.3) is 5.91 Å². The molecular weight excluding hydrogens is 264 g/mol. The van der Waals surface area contributed by atoms with E-state index in [1.54, 1.807) is 12.1 Å². The predicted molar refractivity (Wildman–Crippen MR) is 69.8 cm³/mol. The van der Waals surface area contributed by atoms with Crippen LogP contribution >= 0.6 is 0 Å². The maximum Gasteiger partial charge on any atom is 0.303 e. The number of carboxylic acid groups (broad SMARTS) is 1. The molecule has 0 saturated heterocycles. The van der Waals surface area contributed by atoms with E-state index in [9.17, 15) is 14.4 Å². The molecule has 0 saturated carbocycles. The van der Waals surface area contributed by atoms with Gasteiger partial charge in [-0.2, -0.15) is 0 Å². The Balaban J connectivity index is 2.21. The van der Waals surface area contributed by atoms with Gasteiger partial charge < -0.3 is 9.84 Å². The van der Waals surface area contributed by atoms with Crippen LogP contribution in [-0.4, -0.2) is 29.5 Å². The lowest BCUT2D eigenvalue weighted by molar-refractivity contribution is -0.139. The van der Waals surface area contributed by atoms with Gasteiger partial charge in [0.2, 0.25) is 5.91 Å². The molecule has 0 unspecified atom stereocenters. The summed E-state index contributed by atoms with van der Waals surface area (Å²) in [6.45, 7) is 1.69. The summed E-state index contributed by atoms with van der Waals surface area (Å²) in [5.74, 6) is -1.64. The smallest absolute Gasteiger partial charge is 0.303 e. The molecule has 0 aromatic heterocycles. The summed E-state index contributed by atoms with van der Waals surface area (Å²) in [6.07, 6.45) is -0.490. The van der Waals surface area contributed by atoms with Gasteiger partial charge in [-0.1, -0.05) is 17.7 Å². The molecule has 0 bridgehead atoms. The maximum atomic E-state index is 11.4. The van der Waals surface area contributed by atoms with Crippen molar-refractivity contribution >= 4 is 17.8 Å². The van der Waals surface area contributed by atoms with Crippen molar-refractivity contribution in [2.24, 2.45) is 0 Å². The number of hydrogen-bond acceptors (Lipinski definition) is 4. The largest absolute Gasteiger partial charge is 0.484 e. The number of carbonyl (C=O) groups is 3. The molecule has 1 rings (SSSR count). The van der Waals surface area contributed by atoms with Crippen molar-refractivity contribution in [3.05, 3.63) is 29.8 Å². The van der Waals surface area contributed by atoms with Crippen LogP contribution in [0.15, 0.2) is 24.3 Å². The third-order valence-electron chi connectivity index (χ3n) is 2.30. The molecule has 3 N–H and O–H groups in total. The number of hydrazine groups is 1. The maximum absolute atomic E-state index is 11.4. The van der Waals surface area contributed by atoms with E-state index in [2.05, 4.69) is 10.9 Å². The molecule has 0 spiro atoms. The summed E-state index contributed by atoms with van der Waals surface area (Å²) < 4.78 is 5.20. The number of rotatable bonds is 6. The Labute approximate surface area is 115 Å². The Bertz CT molecular complexity index is 484. The van der Waals surface area contributed by atoms with Gasteiger partial charge in [-0.25, -0.2) is 0 Å². The minimum atomic E-state index is -1.07. The molecule has 20 heavy (non-hydrogen) atoms. The van der Waals surface area contributed by atoms with E-state index in [4.69, 9.17) is 9.84 Å². The molecule has 1 aromatic rings. The molecular formula is C13H16N2O5. The summed E-state index contributed by atoms with van der Waals surface area (Å²) in [6, 6.07) is 7.16. The zero-order chi connectivity index (χ0) is 15.0. The summed E-state index contributed by atoms with van der Waals surface area (Å²) in [5, 5.41) is 8.38. The quantitative estimate of drug-likeness (QED) is 0.654. The van der Waals surface area contributed by atoms with Crippen molar-refractivity contribution in [3.63, 3.8) is 0 Å². The van der Waals surface area contributed by atoms with Crippen molar-refractivity contribution in [2.45, 2.75) is 19.8 Å². The van der Waals surface area contributed by atoms with E-state index >= 15 is 0 Å². The third-order valence-corrected chi connectivity index (χ3v) is 2.30. The summed E-state index contributed by atoms with van der Waals surface area (Å²) in [5.41, 5.74) is 5.31. The highest BCUT2D eigenvalue weighted by Crippen LogP contribution is 2.10. The van der Waals surface area contributed by atoms with Crippen molar-refractivity contribution in [1.29, 1.82) is 0 Å². The van der Waals surface area contributed by atoms with E-state index in [-0.39, 0.29) is 19.4 Å². The Morgan fingerprint density at radius 3 is 2.25 bits per heavy atom. The molecule has 7 nitrogen and oxygen atoms in total. The Kier molecular flexibility index (Phi) is 6.02. The van der Waals surface area contributed by atoms with Crippen LogP contribution in [0.5, 0.6) is 5.75 Å². The number of benzene rings is 1. The monoisotopic (exact) mass is 280 g/mol. The van der Waals surface area contributed by atoms with Crippen molar-refractivity contribution in [1.82, 2.24) is 10.9 Å². The second-order valence-electron chi connectivity index (χ2n) is 4.09. The van der Waals surface area contributed by atoms with Gasteiger partial charge in [-0.05, 0) is 19.1 Å². The van der Waals surface area contributed by atoms with Crippen LogP contribution in [0.25, 0.3) is 0 Å². The Morgan fingerprint density at radius 1 is 1.05 bits per heavy atom. The van der Waals surface area contributed by atoms with Crippen molar-refractivity contribution in [3.8, 4) is 5.75 Å². The van der Waals surface area contributed by atoms with Gasteiger partial charge in [-0.15, -0.1) is 0 Å². The van der Waals surface area contributed by atoms with Crippen LogP contribution in [0.3, 0.4) is 0 Å². The molecule has 0 radical (unpaired) electrons. The number of aryl methyl sites for hydroxylation is 1. The second-order valence-corrected chi connectivity index (χ2v) is 4.09. The topological polar surface area (TPSA) is 105 Å². The lowest BCUT2D eigenvalue weighted by Crippen LogP contribution is -2.43. The highest BCUT2D eigenvalue weighted by molar-refractivity contribution is 5.84. The lowest BCUT2D eigenvalue weighted by atomic mass is 10.2. The number of amides is 2. The molecule has 2 amide bonds. The normalized spacial score (nSPS) is 9.65. The first-order valence-corrected chi connectivity index (χ1v) is 5.96. The lowest BCUT2D eigenvalue weighted by Gasteiger charge is -2.08. The van der Waals surface area contributed by atoms with Gasteiger partial charge in [0, 0.05) is 6.42 Å². The van der Waals surface area contributed by atoms with E-state index in [1.165, 1.54) is 0 Å². The minimum Gasteiger partial charge on any atom is -0.484 e. The standard InChI is InChI=1S/C13H16N2O5/c1-9-2-4-10(5-3-9)20-8-12(17)15-14-11(16)6-7-13(18)19/h2-5H,6-8H2,1H3,(H,14,16)(H,15,17)(H,18,19). The first-order chi connectivity index (χ1) is 9.47. The van der Waals surface area contributed by atoms with E-state index in [0.29, 0.717) is 5.75 Å². The summed E-state index contributed by atoms with van der Waals surface area (Å²) >= 11 is 0. The van der Waals surface area contributed by atoms with E-state index < -0.39 is 17.8 Å². The van der Waals surface area contributed by atoms with Crippen LogP contribution in [0.4, 0.5) is 0 Å². The predicted octanol–water partition coefficient (Wildman–Crippen LogP) is 0.386. The summed E-state index contributed by atoms with van der Waals surface area (Å²) in [4.78, 5) is 32.7. The van der Waals surface area contributed by atoms with Gasteiger partial charge >= 0.3 is 5.97 Å². The van der Waals surface area contributed by atoms with E-state index in [0.717, 1.165) is 5.56 Å². The molecule has 108 valence electrons. The first kappa shape index (κ1) is 15.5.